The summed E-state index contributed by atoms with van der Waals surface area (Å²) in [7, 11) is 0. The molecular weight excluding hydrogens is 281 g/mol. The van der Waals surface area contributed by atoms with Crippen LogP contribution in [0.4, 0.5) is 13.2 Å². The number of alkyl halides is 4. The molecule has 0 spiro atoms. The third kappa shape index (κ3) is 3.90. The van der Waals surface area contributed by atoms with Gasteiger partial charge in [0.05, 0.1) is 5.56 Å². The monoisotopic (exact) mass is 290 g/mol. The van der Waals surface area contributed by atoms with Crippen molar-refractivity contribution >= 4 is 15.9 Å². The number of benzene rings is 1. The summed E-state index contributed by atoms with van der Waals surface area (Å²) >= 11 is 3.23. The summed E-state index contributed by atoms with van der Waals surface area (Å²) in [6.45, 7) is 0. The highest BCUT2D eigenvalue weighted by Crippen LogP contribution is 2.31. The summed E-state index contributed by atoms with van der Waals surface area (Å²) in [4.78, 5) is 0. The molecule has 86 valence electrons. The molecule has 0 nitrogen and oxygen atoms in total. The minimum Gasteiger partial charge on any atom is -0.166 e. The van der Waals surface area contributed by atoms with Crippen LogP contribution < -0.4 is 0 Å². The second kappa shape index (κ2) is 5.95. The highest BCUT2D eigenvalue weighted by atomic mass is 79.9. The van der Waals surface area contributed by atoms with Crippen LogP contribution in [0, 0.1) is 11.8 Å². The van der Waals surface area contributed by atoms with Crippen LogP contribution in [0.1, 0.15) is 24.0 Å². The van der Waals surface area contributed by atoms with Crippen LogP contribution in [-0.4, -0.2) is 5.33 Å². The van der Waals surface area contributed by atoms with Gasteiger partial charge in [-0.25, -0.2) is 0 Å². The standard InChI is InChI=1S/C12H10BrF3/c13-9-5-1-2-6-10-7-3-4-8-11(10)12(14,15)16/h3-4,7-8H,1,5,9H2. The van der Waals surface area contributed by atoms with Crippen molar-refractivity contribution < 1.29 is 13.2 Å². The van der Waals surface area contributed by atoms with Crippen LogP contribution in [0.25, 0.3) is 0 Å². The average molecular weight is 291 g/mol. The smallest absolute Gasteiger partial charge is 0.166 e. The zero-order valence-corrected chi connectivity index (χ0v) is 10.0. The van der Waals surface area contributed by atoms with E-state index in [4.69, 9.17) is 0 Å². The maximum atomic E-state index is 12.5. The first kappa shape index (κ1) is 13.1. The van der Waals surface area contributed by atoms with Crippen molar-refractivity contribution in [3.05, 3.63) is 35.4 Å². The molecule has 0 amide bonds. The van der Waals surface area contributed by atoms with Gasteiger partial charge in [-0.15, -0.1) is 0 Å². The van der Waals surface area contributed by atoms with E-state index in [2.05, 4.69) is 27.8 Å². The van der Waals surface area contributed by atoms with Gasteiger partial charge in [-0.05, 0) is 18.6 Å². The van der Waals surface area contributed by atoms with E-state index >= 15 is 0 Å². The normalized spacial score (nSPS) is 10.8. The molecule has 0 fully saturated rings. The van der Waals surface area contributed by atoms with Crippen molar-refractivity contribution in [1.82, 2.24) is 0 Å². The molecule has 1 aromatic rings. The van der Waals surface area contributed by atoms with Crippen LogP contribution in [0.2, 0.25) is 0 Å². The molecule has 1 aromatic carbocycles. The second-order valence-corrected chi connectivity index (χ2v) is 3.93. The van der Waals surface area contributed by atoms with E-state index in [1.54, 1.807) is 6.07 Å². The van der Waals surface area contributed by atoms with E-state index in [0.717, 1.165) is 17.8 Å². The van der Waals surface area contributed by atoms with Crippen molar-refractivity contribution in [2.24, 2.45) is 0 Å². The van der Waals surface area contributed by atoms with E-state index in [9.17, 15) is 13.2 Å². The Morgan fingerprint density at radius 1 is 1.19 bits per heavy atom. The maximum absolute atomic E-state index is 12.5. The molecule has 0 aliphatic rings. The summed E-state index contributed by atoms with van der Waals surface area (Å²) < 4.78 is 37.6. The molecule has 0 aliphatic carbocycles. The largest absolute Gasteiger partial charge is 0.417 e. The predicted octanol–water partition coefficient (Wildman–Crippen LogP) is 4.23. The van der Waals surface area contributed by atoms with Gasteiger partial charge in [0.15, 0.2) is 0 Å². The lowest BCUT2D eigenvalue weighted by atomic mass is 10.1. The lowest BCUT2D eigenvalue weighted by molar-refractivity contribution is -0.137. The number of hydrogen-bond acceptors (Lipinski definition) is 0. The molecule has 0 heterocycles. The van der Waals surface area contributed by atoms with Gasteiger partial charge in [0.1, 0.15) is 0 Å². The molecule has 0 saturated heterocycles. The van der Waals surface area contributed by atoms with Crippen LogP contribution in [-0.2, 0) is 6.18 Å². The third-order valence-corrected chi connectivity index (χ3v) is 2.45. The zero-order valence-electron chi connectivity index (χ0n) is 8.44. The van der Waals surface area contributed by atoms with Crippen molar-refractivity contribution in [3.8, 4) is 11.8 Å². The highest BCUT2D eigenvalue weighted by Gasteiger charge is 2.32. The summed E-state index contributed by atoms with van der Waals surface area (Å²) in [5, 5.41) is 0.808. The Bertz CT molecular complexity index is 399. The van der Waals surface area contributed by atoms with Gasteiger partial charge >= 0.3 is 6.18 Å². The molecule has 0 aliphatic heterocycles. The quantitative estimate of drug-likeness (QED) is 0.434. The van der Waals surface area contributed by atoms with Gasteiger partial charge in [-0.2, -0.15) is 13.2 Å². The molecule has 0 N–H and O–H groups in total. The fraction of sp³-hybridized carbons (Fsp3) is 0.333. The van der Waals surface area contributed by atoms with Crippen LogP contribution in [0.5, 0.6) is 0 Å². The third-order valence-electron chi connectivity index (χ3n) is 1.89. The molecule has 0 radical (unpaired) electrons. The molecule has 1 rings (SSSR count). The number of unbranched alkanes of at least 4 members (excludes halogenated alkanes) is 1. The Morgan fingerprint density at radius 2 is 1.88 bits per heavy atom. The Balaban J connectivity index is 2.90. The fourth-order valence-electron chi connectivity index (χ4n) is 1.15. The Labute approximate surface area is 101 Å². The Kier molecular flexibility index (Phi) is 4.88. The first-order valence-electron chi connectivity index (χ1n) is 4.77. The molecule has 0 bridgehead atoms. The lowest BCUT2D eigenvalue weighted by Gasteiger charge is -2.07. The molecule has 0 aromatic heterocycles. The summed E-state index contributed by atoms with van der Waals surface area (Å²) in [5.74, 6) is 5.30. The molecule has 4 heteroatoms. The van der Waals surface area contributed by atoms with Gasteiger partial charge in [0.25, 0.3) is 0 Å². The van der Waals surface area contributed by atoms with Crippen molar-refractivity contribution in [2.75, 3.05) is 5.33 Å². The number of rotatable bonds is 2. The summed E-state index contributed by atoms with van der Waals surface area (Å²) in [6, 6.07) is 5.37. The van der Waals surface area contributed by atoms with E-state index in [0.29, 0.717) is 6.42 Å². The lowest BCUT2D eigenvalue weighted by Crippen LogP contribution is -2.07. The first-order chi connectivity index (χ1) is 7.55. The van der Waals surface area contributed by atoms with E-state index in [-0.39, 0.29) is 5.56 Å². The Morgan fingerprint density at radius 3 is 2.50 bits per heavy atom. The van der Waals surface area contributed by atoms with E-state index in [1.807, 2.05) is 0 Å². The van der Waals surface area contributed by atoms with Crippen LogP contribution in [0.15, 0.2) is 24.3 Å². The van der Waals surface area contributed by atoms with Gasteiger partial charge < -0.3 is 0 Å². The van der Waals surface area contributed by atoms with Crippen molar-refractivity contribution in [1.29, 1.82) is 0 Å². The topological polar surface area (TPSA) is 0 Å². The second-order valence-electron chi connectivity index (χ2n) is 3.14. The number of halogens is 4. The number of hydrogen-bond donors (Lipinski definition) is 0. The predicted molar refractivity (Wildman–Crippen MR) is 61.4 cm³/mol. The van der Waals surface area contributed by atoms with Gasteiger partial charge in [0, 0.05) is 17.3 Å². The van der Waals surface area contributed by atoms with Crippen molar-refractivity contribution in [3.63, 3.8) is 0 Å². The summed E-state index contributed by atoms with van der Waals surface area (Å²) in [6.07, 6.45) is -2.90. The van der Waals surface area contributed by atoms with E-state index < -0.39 is 11.7 Å². The molecule has 0 unspecified atom stereocenters. The van der Waals surface area contributed by atoms with Gasteiger partial charge in [-0.3, -0.25) is 0 Å². The molecule has 0 atom stereocenters. The SMILES string of the molecule is FC(F)(F)c1ccccc1C#CCCCBr. The average Bonchev–Trinajstić information content (AvgIpc) is 2.24. The maximum Gasteiger partial charge on any atom is 0.417 e. The minimum absolute atomic E-state index is 0.0459. The van der Waals surface area contributed by atoms with Crippen LogP contribution >= 0.6 is 15.9 Å². The summed E-state index contributed by atoms with van der Waals surface area (Å²) in [5.41, 5.74) is -0.620. The van der Waals surface area contributed by atoms with Crippen LogP contribution in [0.3, 0.4) is 0 Å². The molecule has 0 saturated carbocycles. The van der Waals surface area contributed by atoms with Gasteiger partial charge in [0.2, 0.25) is 0 Å². The fourth-order valence-corrected chi connectivity index (χ4v) is 1.43. The molecular formula is C12H10BrF3. The van der Waals surface area contributed by atoms with Crippen molar-refractivity contribution in [2.45, 2.75) is 19.0 Å². The highest BCUT2D eigenvalue weighted by molar-refractivity contribution is 9.09. The molecule has 16 heavy (non-hydrogen) atoms. The van der Waals surface area contributed by atoms with Gasteiger partial charge in [-0.1, -0.05) is 39.9 Å². The zero-order chi connectivity index (χ0) is 12.0. The first-order valence-corrected chi connectivity index (χ1v) is 5.89. The Hall–Kier alpha value is -0.950. The minimum atomic E-state index is -4.33. The van der Waals surface area contributed by atoms with E-state index in [1.165, 1.54) is 12.1 Å².